The minimum Gasteiger partial charge on any atom is -0.378 e. The largest absolute Gasteiger partial charge is 0.378 e. The van der Waals surface area contributed by atoms with Crippen LogP contribution in [0.25, 0.3) is 0 Å². The minimum absolute atomic E-state index is 0.133. The zero-order valence-corrected chi connectivity index (χ0v) is 24.1. The number of ether oxygens (including phenoxy) is 1. The van der Waals surface area contributed by atoms with E-state index in [0.29, 0.717) is 43.0 Å². The Morgan fingerprint density at radius 1 is 1.18 bits per heavy atom. The summed E-state index contributed by atoms with van der Waals surface area (Å²) in [4.78, 5) is 26.1. The second-order valence-electron chi connectivity index (χ2n) is 10.8. The van der Waals surface area contributed by atoms with E-state index in [9.17, 15) is 4.79 Å². The Bertz CT molecular complexity index is 1360. The number of amides is 1. The zero-order valence-electron chi connectivity index (χ0n) is 23.3. The molecule has 0 unspecified atom stereocenters. The van der Waals surface area contributed by atoms with E-state index in [1.807, 2.05) is 24.8 Å². The third kappa shape index (κ3) is 6.21. The molecule has 1 amide bonds. The Balaban J connectivity index is 1.24. The number of aromatic amines is 1. The molecule has 5 rings (SSSR count). The average Bonchev–Trinajstić information content (AvgIpc) is 3.36. The maximum Gasteiger partial charge on any atom is 0.242 e. The molecule has 3 aromatic rings. The molecule has 2 aliphatic heterocycles. The van der Waals surface area contributed by atoms with Crippen LogP contribution in [0.2, 0.25) is 5.02 Å². The summed E-state index contributed by atoms with van der Waals surface area (Å²) in [6.07, 6.45) is 3.03. The second-order valence-corrected chi connectivity index (χ2v) is 11.2. The average molecular weight is 571 g/mol. The summed E-state index contributed by atoms with van der Waals surface area (Å²) in [6.45, 7) is 11.3. The van der Waals surface area contributed by atoms with Crippen LogP contribution >= 0.6 is 11.6 Å². The number of H-pyrrole nitrogens is 1. The number of aryl methyl sites for hydroxylation is 2. The molecule has 2 aromatic heterocycles. The van der Waals surface area contributed by atoms with Crippen LogP contribution in [0.1, 0.15) is 49.4 Å². The van der Waals surface area contributed by atoms with Gasteiger partial charge in [-0.25, -0.2) is 9.37 Å². The number of halogens is 2. The van der Waals surface area contributed by atoms with Gasteiger partial charge in [-0.05, 0) is 69.7 Å². The van der Waals surface area contributed by atoms with Crippen molar-refractivity contribution in [3.05, 3.63) is 52.1 Å². The normalized spacial score (nSPS) is 18.8. The summed E-state index contributed by atoms with van der Waals surface area (Å²) in [5, 5.41) is 13.3. The predicted molar refractivity (Wildman–Crippen MR) is 153 cm³/mol. The van der Waals surface area contributed by atoms with Gasteiger partial charge >= 0.3 is 0 Å². The molecular weight excluding hydrogens is 535 g/mol. The number of carbonyl (C=O) groups excluding carboxylic acids is 1. The molecule has 0 aliphatic carbocycles. The van der Waals surface area contributed by atoms with Gasteiger partial charge in [0.05, 0.1) is 25.1 Å². The number of aromatic nitrogens is 4. The maximum atomic E-state index is 15.3. The highest BCUT2D eigenvalue weighted by molar-refractivity contribution is 6.32. The maximum absolute atomic E-state index is 15.3. The molecular formula is C28H36ClFN8O2. The summed E-state index contributed by atoms with van der Waals surface area (Å²) in [5.74, 6) is 1.05. The fourth-order valence-electron chi connectivity index (χ4n) is 5.54. The van der Waals surface area contributed by atoms with Crippen molar-refractivity contribution >= 4 is 40.8 Å². The lowest BCUT2D eigenvalue weighted by Crippen LogP contribution is -2.57. The number of nitrogens with one attached hydrogen (secondary N) is 3. The highest BCUT2D eigenvalue weighted by Gasteiger charge is 2.35. The van der Waals surface area contributed by atoms with Crippen LogP contribution in [0, 0.1) is 19.7 Å². The number of hydrogen-bond donors (Lipinski definition) is 3. The molecule has 1 aromatic carbocycles. The van der Waals surface area contributed by atoms with Crippen LogP contribution in [0.4, 0.5) is 27.7 Å². The summed E-state index contributed by atoms with van der Waals surface area (Å²) in [6, 6.07) is 5.25. The number of anilines is 4. The van der Waals surface area contributed by atoms with Crippen molar-refractivity contribution in [1.82, 2.24) is 30.0 Å². The third-order valence-electron chi connectivity index (χ3n) is 7.66. The van der Waals surface area contributed by atoms with E-state index in [1.54, 1.807) is 12.1 Å². The first kappa shape index (κ1) is 28.3. The monoisotopic (exact) mass is 570 g/mol. The lowest BCUT2D eigenvalue weighted by atomic mass is 9.86. The van der Waals surface area contributed by atoms with Gasteiger partial charge in [0.15, 0.2) is 11.6 Å². The van der Waals surface area contributed by atoms with Crippen molar-refractivity contribution in [2.45, 2.75) is 58.5 Å². The molecule has 2 saturated heterocycles. The molecule has 4 heterocycles. The van der Waals surface area contributed by atoms with E-state index in [0.717, 1.165) is 36.2 Å². The zero-order chi connectivity index (χ0) is 28.4. The van der Waals surface area contributed by atoms with Crippen molar-refractivity contribution in [2.75, 3.05) is 43.5 Å². The summed E-state index contributed by atoms with van der Waals surface area (Å²) in [7, 11) is 0. The van der Waals surface area contributed by atoms with Crippen molar-refractivity contribution in [3.8, 4) is 0 Å². The molecule has 3 N–H and O–H groups in total. The van der Waals surface area contributed by atoms with Gasteiger partial charge in [-0.1, -0.05) is 11.6 Å². The second kappa shape index (κ2) is 12.1. The van der Waals surface area contributed by atoms with Crippen LogP contribution in [0.5, 0.6) is 0 Å². The molecule has 40 heavy (non-hydrogen) atoms. The number of rotatable bonds is 7. The van der Waals surface area contributed by atoms with Gasteiger partial charge in [0.1, 0.15) is 16.9 Å². The van der Waals surface area contributed by atoms with Gasteiger partial charge in [-0.2, -0.15) is 10.1 Å². The highest BCUT2D eigenvalue weighted by Crippen LogP contribution is 2.34. The van der Waals surface area contributed by atoms with Gasteiger partial charge in [-0.15, -0.1) is 0 Å². The Kier molecular flexibility index (Phi) is 8.53. The number of piperidine rings is 1. The molecule has 1 atom stereocenters. The van der Waals surface area contributed by atoms with Gasteiger partial charge < -0.3 is 20.3 Å². The van der Waals surface area contributed by atoms with Gasteiger partial charge in [0.2, 0.25) is 11.9 Å². The lowest BCUT2D eigenvalue weighted by Gasteiger charge is -2.41. The first-order valence-corrected chi connectivity index (χ1v) is 14.1. The lowest BCUT2D eigenvalue weighted by molar-refractivity contribution is -0.145. The molecule has 10 nitrogen and oxygen atoms in total. The van der Waals surface area contributed by atoms with Gasteiger partial charge in [-0.3, -0.25) is 14.8 Å². The number of morpholine rings is 1. The summed E-state index contributed by atoms with van der Waals surface area (Å²) in [5.41, 5.74) is 3.11. The fraction of sp³-hybridized carbons (Fsp3) is 0.500. The number of likely N-dealkylation sites (tertiary alicyclic amines) is 1. The number of benzene rings is 1. The van der Waals surface area contributed by atoms with Crippen molar-refractivity contribution in [2.24, 2.45) is 0 Å². The molecule has 0 saturated carbocycles. The third-order valence-corrected chi connectivity index (χ3v) is 7.94. The Morgan fingerprint density at radius 3 is 2.65 bits per heavy atom. The van der Waals surface area contributed by atoms with E-state index in [1.165, 1.54) is 6.20 Å². The van der Waals surface area contributed by atoms with Crippen LogP contribution in [0.15, 0.2) is 24.4 Å². The Morgan fingerprint density at radius 2 is 1.95 bits per heavy atom. The topological polar surface area (TPSA) is 111 Å². The summed E-state index contributed by atoms with van der Waals surface area (Å²) >= 11 is 6.25. The number of carbonyl (C=O) groups is 1. The van der Waals surface area contributed by atoms with Crippen molar-refractivity contribution < 1.29 is 13.9 Å². The highest BCUT2D eigenvalue weighted by atomic mass is 35.5. The van der Waals surface area contributed by atoms with Gasteiger partial charge in [0, 0.05) is 37.4 Å². The first-order valence-electron chi connectivity index (χ1n) is 13.7. The number of hydrogen-bond acceptors (Lipinski definition) is 8. The quantitative estimate of drug-likeness (QED) is 0.367. The smallest absolute Gasteiger partial charge is 0.242 e. The molecule has 12 heteroatoms. The van der Waals surface area contributed by atoms with Gasteiger partial charge in [0.25, 0.3) is 0 Å². The van der Waals surface area contributed by atoms with Crippen LogP contribution in [-0.4, -0.2) is 80.8 Å². The van der Waals surface area contributed by atoms with E-state index in [2.05, 4.69) is 49.5 Å². The molecule has 0 spiro atoms. The fourth-order valence-corrected chi connectivity index (χ4v) is 5.68. The molecule has 0 radical (unpaired) electrons. The van der Waals surface area contributed by atoms with Crippen molar-refractivity contribution in [1.29, 1.82) is 0 Å². The predicted octanol–water partition coefficient (Wildman–Crippen LogP) is 4.91. The van der Waals surface area contributed by atoms with Crippen LogP contribution in [-0.2, 0) is 9.53 Å². The molecule has 2 aliphatic rings. The van der Waals surface area contributed by atoms with E-state index < -0.39 is 0 Å². The standard InChI is InChI=1S/C28H36ClFN8O2/c1-16(2)38-9-10-40-15-24(38)27(39)37-7-5-19(6-8-37)20-13-22(30)23(11-17(20)3)32-28-31-14-21(29)26(34-28)33-25-12-18(4)35-36-25/h11-14,16,19,24H,5-10,15H2,1-4H3,(H3,31,32,33,34,35,36)/t24-/m0/s1. The molecule has 214 valence electrons. The SMILES string of the molecule is Cc1cc(Nc2nc(Nc3cc(C)c(C4CCN(C(=O)[C@@H]5COCCN5C(C)C)CC4)cc3F)ncc2Cl)n[nH]1. The van der Waals surface area contributed by atoms with Crippen molar-refractivity contribution in [3.63, 3.8) is 0 Å². The van der Waals surface area contributed by atoms with Crippen LogP contribution < -0.4 is 10.6 Å². The Hall–Kier alpha value is -3.28. The van der Waals surface area contributed by atoms with E-state index >= 15 is 4.39 Å². The minimum atomic E-state index is -0.387. The molecule has 2 fully saturated rings. The van der Waals surface area contributed by atoms with E-state index in [-0.39, 0.29) is 41.4 Å². The van der Waals surface area contributed by atoms with E-state index in [4.69, 9.17) is 16.3 Å². The first-order chi connectivity index (χ1) is 19.2. The van der Waals surface area contributed by atoms with Crippen LogP contribution in [0.3, 0.4) is 0 Å². The molecule has 0 bridgehead atoms. The Labute approximate surface area is 238 Å². The number of nitrogens with zero attached hydrogens (tertiary/aromatic N) is 5. The summed E-state index contributed by atoms with van der Waals surface area (Å²) < 4.78 is 20.9.